The molecular weight excluding hydrogens is 432 g/mol. The third-order valence-electron chi connectivity index (χ3n) is 5.34. The van der Waals surface area contributed by atoms with Crippen molar-refractivity contribution in [2.45, 2.75) is 38.3 Å². The Kier molecular flexibility index (Phi) is 6.27. The van der Waals surface area contributed by atoms with E-state index < -0.39 is 16.0 Å². The number of benzene rings is 1. The van der Waals surface area contributed by atoms with Crippen LogP contribution in [0.15, 0.2) is 41.4 Å². The molecule has 1 saturated heterocycles. The van der Waals surface area contributed by atoms with Crippen molar-refractivity contribution in [3.8, 4) is 0 Å². The fourth-order valence-electron chi connectivity index (χ4n) is 3.61. The third kappa shape index (κ3) is 4.38. The number of fused-ring (bicyclic) bond motifs is 1. The van der Waals surface area contributed by atoms with E-state index in [0.717, 1.165) is 11.0 Å². The normalized spacial score (nSPS) is 15.4. The number of carbonyl (C=O) groups excluding carboxylic acids is 1. The maximum Gasteiger partial charge on any atom is 0.340 e. The maximum atomic E-state index is 12.9. The van der Waals surface area contributed by atoms with Gasteiger partial charge >= 0.3 is 5.97 Å². The molecule has 0 aliphatic carbocycles. The maximum absolute atomic E-state index is 12.9. The van der Waals surface area contributed by atoms with Crippen LogP contribution in [0.4, 0.5) is 0 Å². The molecule has 1 aromatic carbocycles. The first-order valence-corrected chi connectivity index (χ1v) is 11.9. The topological polar surface area (TPSA) is 104 Å². The lowest BCUT2D eigenvalue weighted by molar-refractivity contribution is 0.0471. The highest BCUT2D eigenvalue weighted by Gasteiger charge is 2.26. The lowest BCUT2D eigenvalue weighted by atomic mass is 10.1. The lowest BCUT2D eigenvalue weighted by Gasteiger charge is -2.26. The molecule has 0 bridgehead atoms. The van der Waals surface area contributed by atoms with Gasteiger partial charge in [0.15, 0.2) is 5.65 Å². The van der Waals surface area contributed by atoms with E-state index in [1.165, 1.54) is 4.31 Å². The molecule has 3 heterocycles. The zero-order valence-electron chi connectivity index (χ0n) is 18.3. The Morgan fingerprint density at radius 1 is 1.22 bits per heavy atom. The quantitative estimate of drug-likeness (QED) is 0.523. The van der Waals surface area contributed by atoms with Gasteiger partial charge in [0, 0.05) is 24.5 Å². The van der Waals surface area contributed by atoms with E-state index in [4.69, 9.17) is 9.47 Å². The summed E-state index contributed by atoms with van der Waals surface area (Å²) in [6.45, 7) is 7.14. The molecule has 1 aliphatic heterocycles. The van der Waals surface area contributed by atoms with E-state index in [9.17, 15) is 13.2 Å². The molecule has 9 nitrogen and oxygen atoms in total. The number of carbonyl (C=O) groups is 1. The van der Waals surface area contributed by atoms with Gasteiger partial charge in [-0.25, -0.2) is 22.9 Å². The number of hydrogen-bond acceptors (Lipinski definition) is 7. The number of aryl methyl sites for hydroxylation is 1. The minimum atomic E-state index is -3.62. The molecule has 4 rings (SSSR count). The number of ether oxygens (including phenoxy) is 2. The number of aromatic nitrogens is 3. The van der Waals surface area contributed by atoms with Gasteiger partial charge in [0.25, 0.3) is 0 Å². The van der Waals surface area contributed by atoms with E-state index in [-0.39, 0.29) is 17.5 Å². The Morgan fingerprint density at radius 3 is 2.69 bits per heavy atom. The molecule has 1 aliphatic rings. The number of sulfonamides is 1. The van der Waals surface area contributed by atoms with Crippen LogP contribution in [0.5, 0.6) is 0 Å². The van der Waals surface area contributed by atoms with Crippen LogP contribution in [0.1, 0.15) is 41.5 Å². The minimum Gasteiger partial charge on any atom is -0.457 e. The molecule has 0 N–H and O–H groups in total. The van der Waals surface area contributed by atoms with Gasteiger partial charge in [-0.15, -0.1) is 0 Å². The van der Waals surface area contributed by atoms with Crippen molar-refractivity contribution < 1.29 is 22.7 Å². The monoisotopic (exact) mass is 458 g/mol. The lowest BCUT2D eigenvalue weighted by Crippen LogP contribution is -2.40. The van der Waals surface area contributed by atoms with Crippen LogP contribution in [0.25, 0.3) is 11.0 Å². The SMILES string of the molecule is Cc1nc2c(cnn2C(C)C)cc1C(=O)OCc1cccc(S(=O)(=O)N2CCOCC2)c1. The van der Waals surface area contributed by atoms with Gasteiger partial charge in [-0.3, -0.25) is 0 Å². The van der Waals surface area contributed by atoms with Gasteiger partial charge < -0.3 is 9.47 Å². The second kappa shape index (κ2) is 8.97. The van der Waals surface area contributed by atoms with E-state index in [0.29, 0.717) is 43.1 Å². The van der Waals surface area contributed by atoms with E-state index in [1.54, 1.807) is 48.1 Å². The van der Waals surface area contributed by atoms with E-state index >= 15 is 0 Å². The summed E-state index contributed by atoms with van der Waals surface area (Å²) in [7, 11) is -3.62. The molecule has 0 saturated carbocycles. The van der Waals surface area contributed by atoms with Crippen LogP contribution in [-0.2, 0) is 26.1 Å². The van der Waals surface area contributed by atoms with Crippen molar-refractivity contribution in [3.05, 3.63) is 53.3 Å². The van der Waals surface area contributed by atoms with Crippen molar-refractivity contribution >= 4 is 27.0 Å². The molecule has 0 spiro atoms. The Balaban J connectivity index is 1.50. The third-order valence-corrected chi connectivity index (χ3v) is 7.24. The fourth-order valence-corrected chi connectivity index (χ4v) is 5.09. The number of rotatable bonds is 6. The summed E-state index contributed by atoms with van der Waals surface area (Å²) in [5.41, 5.74) is 2.22. The molecule has 3 aromatic rings. The Morgan fingerprint density at radius 2 is 1.97 bits per heavy atom. The van der Waals surface area contributed by atoms with Crippen LogP contribution in [0, 0.1) is 6.92 Å². The summed E-state index contributed by atoms with van der Waals surface area (Å²) in [6.07, 6.45) is 1.68. The van der Waals surface area contributed by atoms with Crippen LogP contribution < -0.4 is 0 Å². The number of nitrogens with zero attached hydrogens (tertiary/aromatic N) is 4. The van der Waals surface area contributed by atoms with Crippen LogP contribution in [0.3, 0.4) is 0 Å². The van der Waals surface area contributed by atoms with Crippen molar-refractivity contribution in [2.75, 3.05) is 26.3 Å². The van der Waals surface area contributed by atoms with Gasteiger partial charge in [0.2, 0.25) is 10.0 Å². The molecule has 2 aromatic heterocycles. The van der Waals surface area contributed by atoms with Crippen LogP contribution in [0.2, 0.25) is 0 Å². The highest BCUT2D eigenvalue weighted by Crippen LogP contribution is 2.21. The summed E-state index contributed by atoms with van der Waals surface area (Å²) in [4.78, 5) is 17.4. The Labute approximate surface area is 187 Å². The zero-order valence-corrected chi connectivity index (χ0v) is 19.1. The number of pyridine rings is 1. The Bertz CT molecular complexity index is 1250. The predicted molar refractivity (Wildman–Crippen MR) is 118 cm³/mol. The summed E-state index contributed by atoms with van der Waals surface area (Å²) in [5.74, 6) is -0.518. The van der Waals surface area contributed by atoms with Crippen LogP contribution >= 0.6 is 0 Å². The van der Waals surface area contributed by atoms with E-state index in [1.807, 2.05) is 13.8 Å². The zero-order chi connectivity index (χ0) is 22.9. The average Bonchev–Trinajstić information content (AvgIpc) is 3.20. The summed E-state index contributed by atoms with van der Waals surface area (Å²) in [6, 6.07) is 8.34. The van der Waals surface area contributed by atoms with Gasteiger partial charge in [0.1, 0.15) is 6.61 Å². The molecule has 0 amide bonds. The first-order chi connectivity index (χ1) is 15.3. The molecule has 32 heavy (non-hydrogen) atoms. The van der Waals surface area contributed by atoms with Gasteiger partial charge in [0.05, 0.1) is 35.6 Å². The Hall–Kier alpha value is -2.82. The fraction of sp³-hybridized carbons (Fsp3) is 0.409. The first-order valence-electron chi connectivity index (χ1n) is 10.5. The largest absolute Gasteiger partial charge is 0.457 e. The second-order valence-electron chi connectivity index (χ2n) is 7.96. The standard InChI is InChI=1S/C22H26N4O5S/c1-15(2)26-21-18(13-23-26)12-20(16(3)24-21)22(27)31-14-17-5-4-6-19(11-17)32(28,29)25-7-9-30-10-8-25/h4-6,11-13,15H,7-10,14H2,1-3H3. The molecule has 10 heteroatoms. The number of morpholine rings is 1. The molecule has 0 atom stereocenters. The molecular formula is C22H26N4O5S. The smallest absolute Gasteiger partial charge is 0.340 e. The summed E-state index contributed by atoms with van der Waals surface area (Å²) < 4.78 is 39.7. The van der Waals surface area contributed by atoms with Crippen LogP contribution in [-0.4, -0.2) is 59.8 Å². The predicted octanol–water partition coefficient (Wildman–Crippen LogP) is 2.70. The average molecular weight is 459 g/mol. The van der Waals surface area contributed by atoms with Gasteiger partial charge in [-0.2, -0.15) is 9.40 Å². The van der Waals surface area contributed by atoms with Crippen molar-refractivity contribution in [2.24, 2.45) is 0 Å². The minimum absolute atomic E-state index is 0.0476. The number of esters is 1. The van der Waals surface area contributed by atoms with Crippen molar-refractivity contribution in [3.63, 3.8) is 0 Å². The highest BCUT2D eigenvalue weighted by atomic mass is 32.2. The van der Waals surface area contributed by atoms with E-state index in [2.05, 4.69) is 10.1 Å². The molecule has 0 unspecified atom stereocenters. The second-order valence-corrected chi connectivity index (χ2v) is 9.89. The first kappa shape index (κ1) is 22.4. The molecule has 170 valence electrons. The summed E-state index contributed by atoms with van der Waals surface area (Å²) in [5, 5.41) is 5.09. The molecule has 1 fully saturated rings. The highest BCUT2D eigenvalue weighted by molar-refractivity contribution is 7.89. The summed E-state index contributed by atoms with van der Waals surface area (Å²) >= 11 is 0. The van der Waals surface area contributed by atoms with Gasteiger partial charge in [-0.05, 0) is 44.5 Å². The van der Waals surface area contributed by atoms with Crippen molar-refractivity contribution in [1.82, 2.24) is 19.1 Å². The molecule has 0 radical (unpaired) electrons. The van der Waals surface area contributed by atoms with Gasteiger partial charge in [-0.1, -0.05) is 12.1 Å². The van der Waals surface area contributed by atoms with Crippen molar-refractivity contribution in [1.29, 1.82) is 0 Å². The number of hydrogen-bond donors (Lipinski definition) is 0.